The molecule has 1 atom stereocenters. The number of likely N-dealkylation sites (tertiary alicyclic amines) is 1. The molecule has 0 bridgehead atoms. The van der Waals surface area contributed by atoms with Crippen LogP contribution >= 0.6 is 0 Å². The highest BCUT2D eigenvalue weighted by Crippen LogP contribution is 2.19. The minimum absolute atomic E-state index is 0.0636. The van der Waals surface area contributed by atoms with Crippen LogP contribution < -0.4 is 5.32 Å². The standard InChI is InChI=1S/C14H20N4O3/c1-21-13(20)9-11-5-2-3-8-18(11)10-12(19)17-14-15-6-4-7-16-14/h4,6-7,11H,2-3,5,8-10H2,1H3,(H,15,16,17,19). The molecule has 1 amide bonds. The van der Waals surface area contributed by atoms with Crippen molar-refractivity contribution in [3.8, 4) is 0 Å². The lowest BCUT2D eigenvalue weighted by Gasteiger charge is -2.34. The molecule has 1 aromatic rings. The van der Waals surface area contributed by atoms with E-state index in [0.29, 0.717) is 12.4 Å². The second-order valence-corrected chi connectivity index (χ2v) is 5.02. The van der Waals surface area contributed by atoms with E-state index in [2.05, 4.69) is 15.3 Å². The van der Waals surface area contributed by atoms with E-state index in [1.807, 2.05) is 4.90 Å². The predicted molar refractivity (Wildman–Crippen MR) is 76.5 cm³/mol. The summed E-state index contributed by atoms with van der Waals surface area (Å²) in [6.45, 7) is 1.05. The molecule has 1 fully saturated rings. The Hall–Kier alpha value is -2.02. The molecule has 7 heteroatoms. The fraction of sp³-hybridized carbons (Fsp3) is 0.571. The van der Waals surface area contributed by atoms with E-state index in [4.69, 9.17) is 4.74 Å². The molecule has 0 saturated carbocycles. The van der Waals surface area contributed by atoms with Gasteiger partial charge in [0.2, 0.25) is 11.9 Å². The molecule has 1 aliphatic rings. The van der Waals surface area contributed by atoms with Crippen LogP contribution in [-0.4, -0.2) is 53.0 Å². The van der Waals surface area contributed by atoms with Crippen LogP contribution in [0, 0.1) is 0 Å². The van der Waals surface area contributed by atoms with Crippen molar-refractivity contribution in [1.82, 2.24) is 14.9 Å². The highest BCUT2D eigenvalue weighted by atomic mass is 16.5. The Bertz CT molecular complexity index is 480. The maximum Gasteiger partial charge on any atom is 0.307 e. The van der Waals surface area contributed by atoms with E-state index in [1.165, 1.54) is 7.11 Å². The number of rotatable bonds is 5. The number of anilines is 1. The van der Waals surface area contributed by atoms with Gasteiger partial charge in [-0.15, -0.1) is 0 Å². The van der Waals surface area contributed by atoms with Gasteiger partial charge in [0.1, 0.15) is 0 Å². The fourth-order valence-electron chi connectivity index (χ4n) is 2.49. The van der Waals surface area contributed by atoms with Gasteiger partial charge in [0.05, 0.1) is 20.1 Å². The summed E-state index contributed by atoms with van der Waals surface area (Å²) < 4.78 is 4.72. The number of nitrogens with one attached hydrogen (secondary N) is 1. The van der Waals surface area contributed by atoms with Crippen LogP contribution in [0.1, 0.15) is 25.7 Å². The van der Waals surface area contributed by atoms with Crippen LogP contribution in [0.5, 0.6) is 0 Å². The SMILES string of the molecule is COC(=O)CC1CCCCN1CC(=O)Nc1ncccn1. The molecule has 1 aliphatic heterocycles. The molecule has 0 aliphatic carbocycles. The number of esters is 1. The number of aromatic nitrogens is 2. The topological polar surface area (TPSA) is 84.4 Å². The van der Waals surface area contributed by atoms with E-state index < -0.39 is 0 Å². The average molecular weight is 292 g/mol. The number of carbonyl (C=O) groups excluding carboxylic acids is 2. The van der Waals surface area contributed by atoms with Gasteiger partial charge < -0.3 is 4.74 Å². The minimum Gasteiger partial charge on any atom is -0.469 e. The Kier molecular flexibility index (Phi) is 5.62. The van der Waals surface area contributed by atoms with Gasteiger partial charge in [0, 0.05) is 18.4 Å². The predicted octanol–water partition coefficient (Wildman–Crippen LogP) is 0.833. The lowest BCUT2D eigenvalue weighted by molar-refractivity contribution is -0.142. The molecule has 0 aromatic carbocycles. The summed E-state index contributed by atoms with van der Waals surface area (Å²) in [4.78, 5) is 33.4. The van der Waals surface area contributed by atoms with E-state index >= 15 is 0 Å². The van der Waals surface area contributed by atoms with Crippen molar-refractivity contribution in [3.05, 3.63) is 18.5 Å². The van der Waals surface area contributed by atoms with E-state index in [1.54, 1.807) is 18.5 Å². The number of piperidine rings is 1. The Morgan fingerprint density at radius 1 is 1.38 bits per heavy atom. The maximum atomic E-state index is 12.0. The molecule has 1 aromatic heterocycles. The first-order chi connectivity index (χ1) is 10.2. The van der Waals surface area contributed by atoms with Crippen LogP contribution in [0.2, 0.25) is 0 Å². The average Bonchev–Trinajstić information content (AvgIpc) is 2.50. The number of ether oxygens (including phenoxy) is 1. The number of hydrogen-bond acceptors (Lipinski definition) is 6. The second kappa shape index (κ2) is 7.68. The summed E-state index contributed by atoms with van der Waals surface area (Å²) >= 11 is 0. The summed E-state index contributed by atoms with van der Waals surface area (Å²) in [6, 6.07) is 1.75. The largest absolute Gasteiger partial charge is 0.469 e. The third-order valence-electron chi connectivity index (χ3n) is 3.54. The van der Waals surface area contributed by atoms with Crippen molar-refractivity contribution in [3.63, 3.8) is 0 Å². The van der Waals surface area contributed by atoms with E-state index in [0.717, 1.165) is 25.8 Å². The molecule has 1 unspecified atom stereocenters. The maximum absolute atomic E-state index is 12.0. The monoisotopic (exact) mass is 292 g/mol. The number of amides is 1. The molecule has 1 saturated heterocycles. The van der Waals surface area contributed by atoms with Crippen molar-refractivity contribution >= 4 is 17.8 Å². The normalized spacial score (nSPS) is 19.0. The van der Waals surface area contributed by atoms with Crippen molar-refractivity contribution in [2.75, 3.05) is 25.5 Å². The highest BCUT2D eigenvalue weighted by Gasteiger charge is 2.26. The first-order valence-electron chi connectivity index (χ1n) is 7.07. The molecule has 0 spiro atoms. The first kappa shape index (κ1) is 15.4. The summed E-state index contributed by atoms with van der Waals surface area (Å²) in [5, 5.41) is 2.66. The quantitative estimate of drug-likeness (QED) is 0.809. The van der Waals surface area contributed by atoms with Crippen molar-refractivity contribution in [2.24, 2.45) is 0 Å². The van der Waals surface area contributed by atoms with Crippen LogP contribution in [0.25, 0.3) is 0 Å². The summed E-state index contributed by atoms with van der Waals surface area (Å²) in [5.41, 5.74) is 0. The van der Waals surface area contributed by atoms with Gasteiger partial charge in [0.15, 0.2) is 0 Å². The fourth-order valence-corrected chi connectivity index (χ4v) is 2.49. The zero-order valence-corrected chi connectivity index (χ0v) is 12.1. The Morgan fingerprint density at radius 2 is 2.14 bits per heavy atom. The van der Waals surface area contributed by atoms with E-state index in [9.17, 15) is 9.59 Å². The third-order valence-corrected chi connectivity index (χ3v) is 3.54. The highest BCUT2D eigenvalue weighted by molar-refractivity contribution is 5.90. The van der Waals surface area contributed by atoms with Crippen LogP contribution in [0.4, 0.5) is 5.95 Å². The summed E-state index contributed by atoms with van der Waals surface area (Å²) in [6.07, 6.45) is 6.48. The molecule has 1 N–H and O–H groups in total. The zero-order chi connectivity index (χ0) is 15.1. The number of hydrogen-bond donors (Lipinski definition) is 1. The van der Waals surface area contributed by atoms with Gasteiger partial charge in [0.25, 0.3) is 0 Å². The smallest absolute Gasteiger partial charge is 0.307 e. The van der Waals surface area contributed by atoms with Crippen LogP contribution in [0.3, 0.4) is 0 Å². The number of nitrogens with zero attached hydrogens (tertiary/aromatic N) is 3. The van der Waals surface area contributed by atoms with Crippen molar-refractivity contribution in [2.45, 2.75) is 31.7 Å². The lowest BCUT2D eigenvalue weighted by Crippen LogP contribution is -2.45. The third kappa shape index (κ3) is 4.78. The van der Waals surface area contributed by atoms with Gasteiger partial charge >= 0.3 is 5.97 Å². The summed E-state index contributed by atoms with van der Waals surface area (Å²) in [5.74, 6) is -0.110. The summed E-state index contributed by atoms with van der Waals surface area (Å²) in [7, 11) is 1.38. The number of methoxy groups -OCH3 is 1. The molecule has 0 radical (unpaired) electrons. The van der Waals surface area contributed by atoms with Crippen LogP contribution in [0.15, 0.2) is 18.5 Å². The van der Waals surface area contributed by atoms with Gasteiger partial charge in [-0.05, 0) is 25.5 Å². The Morgan fingerprint density at radius 3 is 2.86 bits per heavy atom. The van der Waals surface area contributed by atoms with Crippen LogP contribution in [-0.2, 0) is 14.3 Å². The Labute approximate surface area is 123 Å². The van der Waals surface area contributed by atoms with Gasteiger partial charge in [-0.2, -0.15) is 0 Å². The first-order valence-corrected chi connectivity index (χ1v) is 7.07. The van der Waals surface area contributed by atoms with Gasteiger partial charge in [-0.25, -0.2) is 9.97 Å². The molecular weight excluding hydrogens is 272 g/mol. The number of carbonyl (C=O) groups is 2. The Balaban J connectivity index is 1.89. The van der Waals surface area contributed by atoms with Crippen molar-refractivity contribution < 1.29 is 14.3 Å². The molecule has 114 valence electrons. The van der Waals surface area contributed by atoms with E-state index in [-0.39, 0.29) is 24.5 Å². The second-order valence-electron chi connectivity index (χ2n) is 5.02. The molecule has 7 nitrogen and oxygen atoms in total. The molecule has 2 heterocycles. The van der Waals surface area contributed by atoms with Crippen molar-refractivity contribution in [1.29, 1.82) is 0 Å². The molecule has 21 heavy (non-hydrogen) atoms. The molecule has 2 rings (SSSR count). The van der Waals surface area contributed by atoms with Gasteiger partial charge in [-0.3, -0.25) is 19.8 Å². The molecular formula is C14H20N4O3. The zero-order valence-electron chi connectivity index (χ0n) is 12.1. The minimum atomic E-state index is -0.237. The lowest BCUT2D eigenvalue weighted by atomic mass is 9.99. The van der Waals surface area contributed by atoms with Gasteiger partial charge in [-0.1, -0.05) is 6.42 Å².